The quantitative estimate of drug-likeness (QED) is 0.817. The topological polar surface area (TPSA) is 70.1 Å². The van der Waals surface area contributed by atoms with Crippen LogP contribution in [0.2, 0.25) is 0 Å². The molecule has 128 valence electrons. The Morgan fingerprint density at radius 1 is 1.42 bits per heavy atom. The first-order valence-electron chi connectivity index (χ1n) is 8.22. The second-order valence-corrected chi connectivity index (χ2v) is 7.19. The van der Waals surface area contributed by atoms with Crippen molar-refractivity contribution >= 4 is 17.7 Å². The summed E-state index contributed by atoms with van der Waals surface area (Å²) < 4.78 is 7.93. The third kappa shape index (κ3) is 3.65. The molecular formula is C18H23N3O2S. The SMILES string of the molecule is Cc1nc(S[C@@H](C(N)=O)c2ccccc2)n(C[C@H]2CCCO2)c1C. The number of primary amides is 1. The average molecular weight is 345 g/mol. The zero-order valence-corrected chi connectivity index (χ0v) is 14.9. The maximum Gasteiger partial charge on any atom is 0.235 e. The standard InChI is InChI=1S/C18H23N3O2S/c1-12-13(2)21(11-15-9-6-10-23-15)18(20-12)24-16(17(19)22)14-7-4-3-5-8-14/h3-5,7-8,15-16H,6,9-11H2,1-2H3,(H2,19,22)/t15-,16-/m1/s1. The minimum atomic E-state index is -0.448. The lowest BCUT2D eigenvalue weighted by Gasteiger charge is -2.17. The predicted molar refractivity (Wildman–Crippen MR) is 94.9 cm³/mol. The van der Waals surface area contributed by atoms with E-state index in [2.05, 4.69) is 16.5 Å². The molecule has 0 aliphatic carbocycles. The number of nitrogens with two attached hydrogens (primary N) is 1. The molecule has 0 saturated carbocycles. The lowest BCUT2D eigenvalue weighted by Crippen LogP contribution is -2.21. The Bertz CT molecular complexity index is 709. The number of aromatic nitrogens is 2. The first-order chi connectivity index (χ1) is 11.6. The van der Waals surface area contributed by atoms with Crippen molar-refractivity contribution in [2.45, 2.75) is 49.7 Å². The summed E-state index contributed by atoms with van der Waals surface area (Å²) in [6.07, 6.45) is 2.40. The van der Waals surface area contributed by atoms with Gasteiger partial charge in [-0.2, -0.15) is 0 Å². The van der Waals surface area contributed by atoms with Crippen LogP contribution >= 0.6 is 11.8 Å². The van der Waals surface area contributed by atoms with Crippen LogP contribution in [0.1, 0.15) is 35.0 Å². The molecule has 1 aromatic heterocycles. The average Bonchev–Trinajstić information content (AvgIpc) is 3.17. The van der Waals surface area contributed by atoms with Crippen molar-refractivity contribution in [3.63, 3.8) is 0 Å². The summed E-state index contributed by atoms with van der Waals surface area (Å²) in [5.41, 5.74) is 8.65. The molecule has 1 aliphatic heterocycles. The maximum absolute atomic E-state index is 12.0. The molecule has 0 radical (unpaired) electrons. The van der Waals surface area contributed by atoms with Crippen LogP contribution in [0.15, 0.2) is 35.5 Å². The minimum Gasteiger partial charge on any atom is -0.376 e. The number of hydrogen-bond acceptors (Lipinski definition) is 4. The third-order valence-corrected chi connectivity index (χ3v) is 5.68. The first-order valence-corrected chi connectivity index (χ1v) is 9.10. The second-order valence-electron chi connectivity index (χ2n) is 6.12. The van der Waals surface area contributed by atoms with Gasteiger partial charge in [-0.1, -0.05) is 42.1 Å². The van der Waals surface area contributed by atoms with Gasteiger partial charge >= 0.3 is 0 Å². The van der Waals surface area contributed by atoms with Gasteiger partial charge in [0.15, 0.2) is 5.16 Å². The molecule has 2 aromatic rings. The van der Waals surface area contributed by atoms with Gasteiger partial charge in [0, 0.05) is 12.3 Å². The summed E-state index contributed by atoms with van der Waals surface area (Å²) >= 11 is 1.42. The highest BCUT2D eigenvalue weighted by molar-refractivity contribution is 8.00. The highest BCUT2D eigenvalue weighted by Crippen LogP contribution is 2.36. The van der Waals surface area contributed by atoms with Gasteiger partial charge in [0.05, 0.1) is 18.3 Å². The van der Waals surface area contributed by atoms with Crippen molar-refractivity contribution in [3.8, 4) is 0 Å². The van der Waals surface area contributed by atoms with Crippen LogP contribution in [0.5, 0.6) is 0 Å². The molecule has 1 amide bonds. The fourth-order valence-electron chi connectivity index (χ4n) is 2.94. The number of aryl methyl sites for hydroxylation is 1. The Balaban J connectivity index is 1.87. The Kier molecular flexibility index (Phi) is 5.26. The zero-order chi connectivity index (χ0) is 17.1. The van der Waals surface area contributed by atoms with Gasteiger partial charge in [-0.15, -0.1) is 0 Å². The molecule has 0 spiro atoms. The van der Waals surface area contributed by atoms with Gasteiger partial charge in [-0.25, -0.2) is 4.98 Å². The molecule has 24 heavy (non-hydrogen) atoms. The van der Waals surface area contributed by atoms with E-state index in [-0.39, 0.29) is 12.0 Å². The summed E-state index contributed by atoms with van der Waals surface area (Å²) in [5.74, 6) is -0.354. The Morgan fingerprint density at radius 3 is 2.79 bits per heavy atom. The first kappa shape index (κ1) is 17.0. The number of amides is 1. The molecule has 6 heteroatoms. The number of carbonyl (C=O) groups excluding carboxylic acids is 1. The minimum absolute atomic E-state index is 0.223. The molecule has 2 heterocycles. The molecule has 1 aromatic carbocycles. The van der Waals surface area contributed by atoms with Crippen LogP contribution in [0.25, 0.3) is 0 Å². The number of nitrogens with zero attached hydrogens (tertiary/aromatic N) is 2. The van der Waals surface area contributed by atoms with Gasteiger partial charge in [0.2, 0.25) is 5.91 Å². The van der Waals surface area contributed by atoms with Gasteiger partial charge in [0.1, 0.15) is 5.25 Å². The van der Waals surface area contributed by atoms with Crippen LogP contribution < -0.4 is 5.73 Å². The number of thioether (sulfide) groups is 1. The highest BCUT2D eigenvalue weighted by Gasteiger charge is 2.25. The van der Waals surface area contributed by atoms with E-state index in [0.29, 0.717) is 0 Å². The van der Waals surface area contributed by atoms with E-state index in [1.165, 1.54) is 11.8 Å². The highest BCUT2D eigenvalue weighted by atomic mass is 32.2. The molecule has 0 unspecified atom stereocenters. The van der Waals surface area contributed by atoms with Crippen molar-refractivity contribution in [1.29, 1.82) is 0 Å². The number of ether oxygens (including phenoxy) is 1. The molecule has 2 N–H and O–H groups in total. The Morgan fingerprint density at radius 2 is 2.17 bits per heavy atom. The molecule has 1 aliphatic rings. The van der Waals surface area contributed by atoms with E-state index in [4.69, 9.17) is 10.5 Å². The van der Waals surface area contributed by atoms with E-state index < -0.39 is 5.25 Å². The summed E-state index contributed by atoms with van der Waals surface area (Å²) in [6.45, 7) is 5.65. The van der Waals surface area contributed by atoms with E-state index in [1.807, 2.05) is 37.3 Å². The van der Waals surface area contributed by atoms with Gasteiger partial charge in [-0.3, -0.25) is 4.79 Å². The molecule has 0 bridgehead atoms. The molecular weight excluding hydrogens is 322 g/mol. The summed E-state index contributed by atoms with van der Waals surface area (Å²) in [7, 11) is 0. The number of rotatable bonds is 6. The van der Waals surface area contributed by atoms with Crippen molar-refractivity contribution in [3.05, 3.63) is 47.3 Å². The van der Waals surface area contributed by atoms with Crippen LogP contribution in [-0.2, 0) is 16.1 Å². The van der Waals surface area contributed by atoms with Crippen LogP contribution in [0.3, 0.4) is 0 Å². The Labute approximate surface area is 146 Å². The predicted octanol–water partition coefficient (Wildman–Crippen LogP) is 3.00. The van der Waals surface area contributed by atoms with Crippen LogP contribution in [0, 0.1) is 13.8 Å². The van der Waals surface area contributed by atoms with Crippen LogP contribution in [0.4, 0.5) is 0 Å². The summed E-state index contributed by atoms with van der Waals surface area (Å²) in [6, 6.07) is 9.62. The number of benzene rings is 1. The monoisotopic (exact) mass is 345 g/mol. The largest absolute Gasteiger partial charge is 0.376 e. The van der Waals surface area contributed by atoms with Gasteiger partial charge < -0.3 is 15.0 Å². The molecule has 5 nitrogen and oxygen atoms in total. The Hall–Kier alpha value is -1.79. The normalized spacial score (nSPS) is 18.7. The molecule has 2 atom stereocenters. The third-order valence-electron chi connectivity index (χ3n) is 4.42. The fraction of sp³-hybridized carbons (Fsp3) is 0.444. The summed E-state index contributed by atoms with van der Waals surface area (Å²) in [4.78, 5) is 16.7. The molecule has 3 rings (SSSR count). The van der Waals surface area contributed by atoms with Crippen molar-refractivity contribution in [2.75, 3.05) is 6.61 Å². The number of imidazole rings is 1. The molecule has 1 fully saturated rings. The maximum atomic E-state index is 12.0. The van der Waals surface area contributed by atoms with Gasteiger partial charge in [0.25, 0.3) is 0 Å². The zero-order valence-electron chi connectivity index (χ0n) is 14.1. The lowest BCUT2D eigenvalue weighted by atomic mass is 10.1. The van der Waals surface area contributed by atoms with E-state index in [1.54, 1.807) is 0 Å². The van der Waals surface area contributed by atoms with Crippen molar-refractivity contribution < 1.29 is 9.53 Å². The van der Waals surface area contributed by atoms with Crippen molar-refractivity contribution in [1.82, 2.24) is 9.55 Å². The van der Waals surface area contributed by atoms with E-state index >= 15 is 0 Å². The van der Waals surface area contributed by atoms with E-state index in [9.17, 15) is 4.79 Å². The fourth-order valence-corrected chi connectivity index (χ4v) is 4.09. The molecule has 1 saturated heterocycles. The second kappa shape index (κ2) is 7.40. The van der Waals surface area contributed by atoms with Gasteiger partial charge in [-0.05, 0) is 32.3 Å². The summed E-state index contributed by atoms with van der Waals surface area (Å²) in [5, 5.41) is 0.379. The number of carbonyl (C=O) groups is 1. The van der Waals surface area contributed by atoms with E-state index in [0.717, 1.165) is 48.1 Å². The smallest absolute Gasteiger partial charge is 0.235 e. The van der Waals surface area contributed by atoms with Crippen molar-refractivity contribution in [2.24, 2.45) is 5.73 Å². The number of hydrogen-bond donors (Lipinski definition) is 1. The lowest BCUT2D eigenvalue weighted by molar-refractivity contribution is -0.117. The van der Waals surface area contributed by atoms with Crippen LogP contribution in [-0.4, -0.2) is 28.2 Å².